The standard InChI is InChI=1S/C20H19F6N7O3S/c1-11(16-29-10-30-33(16)18-27-7-14(8-28-18)32-37(2,3)35)31-17(34)12-4-13(20(24,25)26)6-15(5-12)36-9-19(21,22)23/h4-8,10-11H,9H2,1-3H3,(H,31,34)/t11-/m0/s1. The van der Waals surface area contributed by atoms with Crippen LogP contribution in [0.4, 0.5) is 32.0 Å². The Bertz CT molecular complexity index is 1390. The Kier molecular flexibility index (Phi) is 7.75. The molecule has 0 fully saturated rings. The van der Waals surface area contributed by atoms with Gasteiger partial charge in [-0.2, -0.15) is 40.5 Å². The number of nitrogens with one attached hydrogen (secondary N) is 1. The van der Waals surface area contributed by atoms with E-state index in [9.17, 15) is 35.3 Å². The molecule has 37 heavy (non-hydrogen) atoms. The van der Waals surface area contributed by atoms with E-state index in [1.165, 1.54) is 31.8 Å². The maximum absolute atomic E-state index is 13.3. The molecule has 0 saturated heterocycles. The van der Waals surface area contributed by atoms with Gasteiger partial charge in [-0.1, -0.05) is 0 Å². The van der Waals surface area contributed by atoms with Gasteiger partial charge in [-0.3, -0.25) is 4.79 Å². The van der Waals surface area contributed by atoms with Crippen molar-refractivity contribution in [1.29, 1.82) is 0 Å². The van der Waals surface area contributed by atoms with Gasteiger partial charge in [0.15, 0.2) is 12.4 Å². The molecule has 0 aliphatic carbocycles. The smallest absolute Gasteiger partial charge is 0.422 e. The molecule has 0 spiro atoms. The fourth-order valence-corrected chi connectivity index (χ4v) is 3.51. The molecular formula is C20H19F6N7O3S. The Morgan fingerprint density at radius 2 is 1.76 bits per heavy atom. The highest BCUT2D eigenvalue weighted by atomic mass is 32.2. The maximum atomic E-state index is 13.3. The maximum Gasteiger partial charge on any atom is 0.422 e. The number of amides is 1. The number of hydrogen-bond donors (Lipinski definition) is 1. The van der Waals surface area contributed by atoms with Crippen LogP contribution >= 0.6 is 0 Å². The highest BCUT2D eigenvalue weighted by Crippen LogP contribution is 2.33. The lowest BCUT2D eigenvalue weighted by Gasteiger charge is -2.16. The van der Waals surface area contributed by atoms with Gasteiger partial charge in [0.2, 0.25) is 0 Å². The molecule has 10 nitrogen and oxygen atoms in total. The quantitative estimate of drug-likeness (QED) is 0.442. The molecule has 0 aliphatic heterocycles. The molecule has 0 unspecified atom stereocenters. The van der Waals surface area contributed by atoms with Crippen LogP contribution in [0, 0.1) is 0 Å². The molecular weight excluding hydrogens is 532 g/mol. The van der Waals surface area contributed by atoms with Crippen LogP contribution in [0.3, 0.4) is 0 Å². The lowest BCUT2D eigenvalue weighted by molar-refractivity contribution is -0.153. The number of hydrogen-bond acceptors (Lipinski definition) is 8. The van der Waals surface area contributed by atoms with Crippen LogP contribution in [-0.2, 0) is 15.9 Å². The number of alkyl halides is 6. The Labute approximate surface area is 206 Å². The van der Waals surface area contributed by atoms with E-state index in [4.69, 9.17) is 0 Å². The first-order valence-electron chi connectivity index (χ1n) is 10.1. The molecule has 17 heteroatoms. The molecule has 1 N–H and O–H groups in total. The van der Waals surface area contributed by atoms with Crippen LogP contribution in [0.1, 0.15) is 34.7 Å². The highest BCUT2D eigenvalue weighted by Gasteiger charge is 2.33. The molecule has 0 radical (unpaired) electrons. The molecule has 0 saturated carbocycles. The Hall–Kier alpha value is -3.76. The second-order valence-corrected chi connectivity index (χ2v) is 10.4. The molecule has 3 aromatic rings. The van der Waals surface area contributed by atoms with E-state index in [1.54, 1.807) is 0 Å². The molecule has 0 bridgehead atoms. The summed E-state index contributed by atoms with van der Waals surface area (Å²) in [5.41, 5.74) is -1.71. The summed E-state index contributed by atoms with van der Waals surface area (Å²) in [5, 5.41) is 6.38. The largest absolute Gasteiger partial charge is 0.484 e. The zero-order chi connectivity index (χ0) is 27.6. The molecule has 1 atom stereocenters. The Morgan fingerprint density at radius 3 is 2.32 bits per heavy atom. The van der Waals surface area contributed by atoms with Crippen molar-refractivity contribution in [3.63, 3.8) is 0 Å². The summed E-state index contributed by atoms with van der Waals surface area (Å²) in [6, 6.07) is 0.657. The normalized spacial score (nSPS) is 13.2. The lowest BCUT2D eigenvalue weighted by Crippen LogP contribution is -2.29. The average molecular weight is 551 g/mol. The van der Waals surface area contributed by atoms with Crippen molar-refractivity contribution in [2.75, 3.05) is 19.1 Å². The van der Waals surface area contributed by atoms with E-state index in [0.717, 1.165) is 17.1 Å². The van der Waals surface area contributed by atoms with Gasteiger partial charge in [-0.25, -0.2) is 19.2 Å². The van der Waals surface area contributed by atoms with Crippen molar-refractivity contribution in [3.8, 4) is 11.7 Å². The fourth-order valence-electron chi connectivity index (χ4n) is 2.91. The molecule has 0 aliphatic rings. The second kappa shape index (κ2) is 10.3. The SMILES string of the molecule is C[C@H](NC(=O)c1cc(OCC(F)(F)F)cc(C(F)(F)F)c1)c1ncnn1-c1ncc(N=S(C)(C)=O)cn1. The minimum absolute atomic E-state index is 0.00756. The third-order valence-electron chi connectivity index (χ3n) is 4.35. The summed E-state index contributed by atoms with van der Waals surface area (Å²) in [6.07, 6.45) is -3.19. The van der Waals surface area contributed by atoms with Crippen molar-refractivity contribution in [2.45, 2.75) is 25.3 Å². The van der Waals surface area contributed by atoms with E-state index in [-0.39, 0.29) is 17.5 Å². The van der Waals surface area contributed by atoms with Crippen LogP contribution < -0.4 is 10.1 Å². The van der Waals surface area contributed by atoms with E-state index >= 15 is 0 Å². The number of benzene rings is 1. The highest BCUT2D eigenvalue weighted by molar-refractivity contribution is 7.92. The van der Waals surface area contributed by atoms with Crippen LogP contribution in [-0.4, -0.2) is 60.1 Å². The van der Waals surface area contributed by atoms with Crippen molar-refractivity contribution >= 4 is 21.3 Å². The summed E-state index contributed by atoms with van der Waals surface area (Å²) < 4.78 is 98.5. The van der Waals surface area contributed by atoms with Crippen LogP contribution in [0.2, 0.25) is 0 Å². The predicted octanol–water partition coefficient (Wildman–Crippen LogP) is 3.87. The first kappa shape index (κ1) is 27.8. The Balaban J connectivity index is 1.85. The van der Waals surface area contributed by atoms with E-state index < -0.39 is 57.5 Å². The van der Waals surface area contributed by atoms with Crippen molar-refractivity contribution in [3.05, 3.63) is 53.9 Å². The van der Waals surface area contributed by atoms with Gasteiger partial charge in [-0.05, 0) is 25.1 Å². The van der Waals surface area contributed by atoms with Crippen LogP contribution in [0.15, 0.2) is 41.3 Å². The summed E-state index contributed by atoms with van der Waals surface area (Å²) in [6.45, 7) is -0.394. The number of aromatic nitrogens is 5. The average Bonchev–Trinajstić information content (AvgIpc) is 3.26. The summed E-state index contributed by atoms with van der Waals surface area (Å²) in [7, 11) is -2.45. The third-order valence-corrected chi connectivity index (χ3v) is 5.00. The van der Waals surface area contributed by atoms with Gasteiger partial charge in [0.25, 0.3) is 11.9 Å². The number of halogens is 6. The molecule has 2 aromatic heterocycles. The van der Waals surface area contributed by atoms with Gasteiger partial charge in [0.05, 0.1) is 24.0 Å². The van der Waals surface area contributed by atoms with Gasteiger partial charge in [-0.15, -0.1) is 0 Å². The van der Waals surface area contributed by atoms with Gasteiger partial charge in [0.1, 0.15) is 17.8 Å². The molecule has 2 heterocycles. The summed E-state index contributed by atoms with van der Waals surface area (Å²) in [5.74, 6) is -1.72. The molecule has 200 valence electrons. The number of rotatable bonds is 7. The van der Waals surface area contributed by atoms with Gasteiger partial charge in [0, 0.05) is 27.8 Å². The van der Waals surface area contributed by atoms with Crippen LogP contribution in [0.25, 0.3) is 5.95 Å². The molecule has 1 aromatic carbocycles. The zero-order valence-corrected chi connectivity index (χ0v) is 20.1. The number of carbonyl (C=O) groups is 1. The van der Waals surface area contributed by atoms with Crippen LogP contribution in [0.5, 0.6) is 5.75 Å². The topological polar surface area (TPSA) is 124 Å². The molecule has 3 rings (SSSR count). The summed E-state index contributed by atoms with van der Waals surface area (Å²) >= 11 is 0. The van der Waals surface area contributed by atoms with Gasteiger partial charge >= 0.3 is 12.4 Å². The predicted molar refractivity (Wildman–Crippen MR) is 118 cm³/mol. The minimum atomic E-state index is -4.95. The Morgan fingerprint density at radius 1 is 1.11 bits per heavy atom. The zero-order valence-electron chi connectivity index (χ0n) is 19.3. The first-order chi connectivity index (χ1) is 17.0. The molecule has 1 amide bonds. The number of nitrogens with zero attached hydrogens (tertiary/aromatic N) is 6. The van der Waals surface area contributed by atoms with Gasteiger partial charge < -0.3 is 10.1 Å². The minimum Gasteiger partial charge on any atom is -0.484 e. The van der Waals surface area contributed by atoms with Crippen molar-refractivity contribution in [2.24, 2.45) is 4.36 Å². The van der Waals surface area contributed by atoms with Crippen molar-refractivity contribution < 1.29 is 40.1 Å². The first-order valence-corrected chi connectivity index (χ1v) is 12.5. The number of carbonyl (C=O) groups excluding carboxylic acids is 1. The second-order valence-electron chi connectivity index (χ2n) is 7.89. The monoisotopic (exact) mass is 551 g/mol. The van der Waals surface area contributed by atoms with Crippen molar-refractivity contribution in [1.82, 2.24) is 30.0 Å². The summed E-state index contributed by atoms with van der Waals surface area (Å²) in [4.78, 5) is 24.9. The lowest BCUT2D eigenvalue weighted by atomic mass is 10.1. The van der Waals surface area contributed by atoms with E-state index in [2.05, 4.69) is 34.5 Å². The van der Waals surface area contributed by atoms with E-state index in [1.807, 2.05) is 0 Å². The third kappa shape index (κ3) is 7.86. The van der Waals surface area contributed by atoms with E-state index in [0.29, 0.717) is 12.1 Å². The number of ether oxygens (including phenoxy) is 1. The fraction of sp³-hybridized carbons (Fsp3) is 0.350.